The molecule has 2 aromatic rings. The SMILES string of the molecule is C[C@H](O)C#Cc1ccc([C@H]2[C@@H](CO)N3CCCCN(S(=O)(=O)c4ccccc4)C[C@@H]23)cc1. The van der Waals surface area contributed by atoms with E-state index in [4.69, 9.17) is 0 Å². The van der Waals surface area contributed by atoms with Crippen molar-refractivity contribution in [3.8, 4) is 11.8 Å². The number of aliphatic hydroxyl groups excluding tert-OH is 2. The summed E-state index contributed by atoms with van der Waals surface area (Å²) in [5, 5.41) is 19.5. The van der Waals surface area contributed by atoms with Gasteiger partial charge in [0.05, 0.1) is 11.5 Å². The average molecular weight is 455 g/mol. The molecule has 0 saturated carbocycles. The summed E-state index contributed by atoms with van der Waals surface area (Å²) in [4.78, 5) is 2.58. The molecule has 2 aliphatic rings. The number of hydrogen-bond acceptors (Lipinski definition) is 5. The standard InChI is InChI=1S/C25H30N2O4S/c1-19(29)9-10-20-11-13-21(14-12-20)25-23-17-26(15-5-6-16-27(23)24(25)18-28)32(30,31)22-7-3-2-4-8-22/h2-4,7-8,11-14,19,23-25,28-29H,5-6,15-18H2,1H3/t19-,23-,24+,25+/m0/s1. The van der Waals surface area contributed by atoms with E-state index in [1.807, 2.05) is 30.3 Å². The summed E-state index contributed by atoms with van der Waals surface area (Å²) in [6.07, 6.45) is 1.02. The highest BCUT2D eigenvalue weighted by atomic mass is 32.2. The van der Waals surface area contributed by atoms with Crippen molar-refractivity contribution in [2.75, 3.05) is 26.2 Å². The second-order valence-electron chi connectivity index (χ2n) is 8.53. The van der Waals surface area contributed by atoms with Crippen molar-refractivity contribution >= 4 is 10.0 Å². The van der Waals surface area contributed by atoms with Gasteiger partial charge >= 0.3 is 0 Å². The summed E-state index contributed by atoms with van der Waals surface area (Å²) in [5.74, 6) is 5.73. The molecule has 4 atom stereocenters. The van der Waals surface area contributed by atoms with Crippen molar-refractivity contribution in [2.45, 2.75) is 48.8 Å². The van der Waals surface area contributed by atoms with Gasteiger partial charge in [-0.3, -0.25) is 4.90 Å². The predicted molar refractivity (Wildman–Crippen MR) is 124 cm³/mol. The van der Waals surface area contributed by atoms with Gasteiger partial charge in [-0.05, 0) is 56.1 Å². The fourth-order valence-electron chi connectivity index (χ4n) is 4.85. The topological polar surface area (TPSA) is 81.1 Å². The van der Waals surface area contributed by atoms with Crippen molar-refractivity contribution in [2.24, 2.45) is 0 Å². The minimum atomic E-state index is -3.57. The molecule has 7 heteroatoms. The minimum Gasteiger partial charge on any atom is -0.395 e. The lowest BCUT2D eigenvalue weighted by Crippen LogP contribution is -2.67. The van der Waals surface area contributed by atoms with Crippen molar-refractivity contribution in [3.05, 3.63) is 65.7 Å². The van der Waals surface area contributed by atoms with E-state index >= 15 is 0 Å². The van der Waals surface area contributed by atoms with Crippen LogP contribution >= 0.6 is 0 Å². The van der Waals surface area contributed by atoms with Crippen molar-refractivity contribution in [1.82, 2.24) is 9.21 Å². The number of benzene rings is 2. The summed E-state index contributed by atoms with van der Waals surface area (Å²) in [5.41, 5.74) is 1.89. The minimum absolute atomic E-state index is 0.0142. The van der Waals surface area contributed by atoms with Gasteiger partial charge in [0.1, 0.15) is 6.10 Å². The lowest BCUT2D eigenvalue weighted by molar-refractivity contribution is -0.0553. The van der Waals surface area contributed by atoms with E-state index in [2.05, 4.69) is 16.7 Å². The Morgan fingerprint density at radius 2 is 1.75 bits per heavy atom. The molecule has 2 saturated heterocycles. The van der Waals surface area contributed by atoms with Gasteiger partial charge in [-0.2, -0.15) is 4.31 Å². The van der Waals surface area contributed by atoms with Gasteiger partial charge < -0.3 is 10.2 Å². The van der Waals surface area contributed by atoms with Gasteiger partial charge in [0.15, 0.2) is 0 Å². The molecule has 0 amide bonds. The molecule has 0 bridgehead atoms. The largest absolute Gasteiger partial charge is 0.395 e. The van der Waals surface area contributed by atoms with E-state index < -0.39 is 16.1 Å². The molecule has 2 fully saturated rings. The van der Waals surface area contributed by atoms with Crippen molar-refractivity contribution in [1.29, 1.82) is 0 Å². The van der Waals surface area contributed by atoms with Gasteiger partial charge in [0.2, 0.25) is 10.0 Å². The number of sulfonamides is 1. The number of rotatable bonds is 4. The van der Waals surface area contributed by atoms with Gasteiger partial charge in [-0.1, -0.05) is 42.2 Å². The summed E-state index contributed by atoms with van der Waals surface area (Å²) >= 11 is 0. The third-order valence-corrected chi connectivity index (χ3v) is 8.31. The van der Waals surface area contributed by atoms with E-state index in [0.29, 0.717) is 18.0 Å². The van der Waals surface area contributed by atoms with Gasteiger partial charge in [0.25, 0.3) is 0 Å². The summed E-state index contributed by atoms with van der Waals surface area (Å²) in [6.45, 7) is 3.44. The summed E-state index contributed by atoms with van der Waals surface area (Å²) < 4.78 is 28.2. The van der Waals surface area contributed by atoms with Crippen LogP contribution in [0.15, 0.2) is 59.5 Å². The van der Waals surface area contributed by atoms with E-state index in [0.717, 1.165) is 30.5 Å². The molecule has 6 nitrogen and oxygen atoms in total. The zero-order valence-electron chi connectivity index (χ0n) is 18.3. The maximum Gasteiger partial charge on any atom is 0.243 e. The highest BCUT2D eigenvalue weighted by Crippen LogP contribution is 2.42. The first-order valence-corrected chi connectivity index (χ1v) is 12.6. The van der Waals surface area contributed by atoms with E-state index in [1.165, 1.54) is 0 Å². The third-order valence-electron chi connectivity index (χ3n) is 6.43. The molecular formula is C25H30N2O4S. The van der Waals surface area contributed by atoms with Crippen LogP contribution in [0.4, 0.5) is 0 Å². The van der Waals surface area contributed by atoms with E-state index in [9.17, 15) is 18.6 Å². The smallest absolute Gasteiger partial charge is 0.243 e. The maximum absolute atomic E-state index is 13.3. The maximum atomic E-state index is 13.3. The van der Waals surface area contributed by atoms with Crippen LogP contribution in [-0.4, -0.2) is 72.3 Å². The Morgan fingerprint density at radius 1 is 1.06 bits per heavy atom. The van der Waals surface area contributed by atoms with Crippen LogP contribution in [-0.2, 0) is 10.0 Å². The number of hydrogen-bond donors (Lipinski definition) is 2. The van der Waals surface area contributed by atoms with Crippen molar-refractivity contribution in [3.63, 3.8) is 0 Å². The first-order chi connectivity index (χ1) is 15.4. The molecule has 0 spiro atoms. The number of nitrogens with zero attached hydrogens (tertiary/aromatic N) is 2. The Kier molecular flexibility index (Phi) is 6.99. The van der Waals surface area contributed by atoms with Crippen LogP contribution in [0.5, 0.6) is 0 Å². The predicted octanol–water partition coefficient (Wildman–Crippen LogP) is 2.03. The van der Waals surface area contributed by atoms with Crippen LogP contribution < -0.4 is 0 Å². The van der Waals surface area contributed by atoms with Gasteiger partial charge in [-0.15, -0.1) is 0 Å². The first-order valence-electron chi connectivity index (χ1n) is 11.1. The number of fused-ring (bicyclic) bond motifs is 1. The first kappa shape index (κ1) is 23.0. The van der Waals surface area contributed by atoms with Crippen LogP contribution in [0.3, 0.4) is 0 Å². The molecule has 2 aliphatic heterocycles. The quantitative estimate of drug-likeness (QED) is 0.691. The number of aliphatic hydroxyl groups is 2. The molecule has 2 N–H and O–H groups in total. The lowest BCUT2D eigenvalue weighted by Gasteiger charge is -2.57. The Morgan fingerprint density at radius 3 is 2.41 bits per heavy atom. The molecule has 0 aliphatic carbocycles. The fraction of sp³-hybridized carbons (Fsp3) is 0.440. The lowest BCUT2D eigenvalue weighted by atomic mass is 9.74. The Balaban J connectivity index is 1.60. The Labute approximate surface area is 190 Å². The Hall–Kier alpha value is -2.21. The van der Waals surface area contributed by atoms with E-state index in [-0.39, 0.29) is 24.6 Å². The van der Waals surface area contributed by atoms with Gasteiger partial charge in [0, 0.05) is 36.7 Å². The van der Waals surface area contributed by atoms with Crippen LogP contribution in [0.1, 0.15) is 36.8 Å². The molecule has 170 valence electrons. The zero-order chi connectivity index (χ0) is 22.7. The highest BCUT2D eigenvalue weighted by Gasteiger charge is 2.50. The normalized spacial score (nSPS) is 25.4. The second-order valence-corrected chi connectivity index (χ2v) is 10.5. The average Bonchev–Trinajstić information content (AvgIpc) is 2.78. The van der Waals surface area contributed by atoms with Crippen LogP contribution in [0, 0.1) is 11.8 Å². The molecule has 4 rings (SSSR count). The third kappa shape index (κ3) is 4.61. The molecule has 0 radical (unpaired) electrons. The Bertz CT molecular complexity index is 1070. The summed E-state index contributed by atoms with van der Waals surface area (Å²) in [7, 11) is -3.57. The highest BCUT2D eigenvalue weighted by molar-refractivity contribution is 7.89. The molecule has 2 heterocycles. The van der Waals surface area contributed by atoms with E-state index in [1.54, 1.807) is 35.5 Å². The monoisotopic (exact) mass is 454 g/mol. The molecule has 32 heavy (non-hydrogen) atoms. The molecule has 0 aromatic heterocycles. The fourth-order valence-corrected chi connectivity index (χ4v) is 6.36. The summed E-state index contributed by atoms with van der Waals surface area (Å²) in [6, 6.07) is 16.5. The zero-order valence-corrected chi connectivity index (χ0v) is 19.1. The van der Waals surface area contributed by atoms with Crippen LogP contribution in [0.25, 0.3) is 0 Å². The molecular weight excluding hydrogens is 424 g/mol. The second kappa shape index (κ2) is 9.74. The van der Waals surface area contributed by atoms with Crippen LogP contribution in [0.2, 0.25) is 0 Å². The molecule has 0 unspecified atom stereocenters. The molecule has 2 aromatic carbocycles. The van der Waals surface area contributed by atoms with Crippen molar-refractivity contribution < 1.29 is 18.6 Å². The van der Waals surface area contributed by atoms with Gasteiger partial charge in [-0.25, -0.2) is 8.42 Å².